The molecule has 7 nitrogen and oxygen atoms in total. The SMILES string of the molecule is O=C1[C@H]2C(Cc3ccc(O)cc3)NC3(C(=O)Nc4c(Cl)cccc43)[C@H]2C(=O)N1Cc1ccccc1Cl. The molecule has 3 aromatic carbocycles. The van der Waals surface area contributed by atoms with Gasteiger partial charge in [0.1, 0.15) is 11.3 Å². The number of anilines is 1. The lowest BCUT2D eigenvalue weighted by Gasteiger charge is -2.29. The van der Waals surface area contributed by atoms with Gasteiger partial charge in [0.2, 0.25) is 17.7 Å². The van der Waals surface area contributed by atoms with Gasteiger partial charge < -0.3 is 10.4 Å². The number of nitrogens with zero attached hydrogens (tertiary/aromatic N) is 1. The van der Waals surface area contributed by atoms with Crippen LogP contribution in [0.5, 0.6) is 5.75 Å². The summed E-state index contributed by atoms with van der Waals surface area (Å²) >= 11 is 12.7. The number of para-hydroxylation sites is 1. The Morgan fingerprint density at radius 1 is 0.889 bits per heavy atom. The Balaban J connectivity index is 1.45. The fourth-order valence-electron chi connectivity index (χ4n) is 5.87. The van der Waals surface area contributed by atoms with Crippen LogP contribution in [0.15, 0.2) is 66.7 Å². The number of fused-ring (bicyclic) bond motifs is 4. The first-order valence-electron chi connectivity index (χ1n) is 11.6. The molecule has 0 aromatic heterocycles. The first-order valence-corrected chi connectivity index (χ1v) is 12.3. The fourth-order valence-corrected chi connectivity index (χ4v) is 6.28. The van der Waals surface area contributed by atoms with Gasteiger partial charge in [0.25, 0.3) is 0 Å². The van der Waals surface area contributed by atoms with Crippen LogP contribution in [0.4, 0.5) is 5.69 Å². The van der Waals surface area contributed by atoms with E-state index in [4.69, 9.17) is 23.2 Å². The first kappa shape index (κ1) is 23.0. The average molecular weight is 522 g/mol. The maximum atomic E-state index is 13.9. The molecule has 2 unspecified atom stereocenters. The molecule has 3 aliphatic heterocycles. The van der Waals surface area contributed by atoms with Crippen LogP contribution >= 0.6 is 23.2 Å². The number of nitrogens with one attached hydrogen (secondary N) is 2. The van der Waals surface area contributed by atoms with Crippen molar-refractivity contribution >= 4 is 46.6 Å². The minimum atomic E-state index is -1.44. The lowest BCUT2D eigenvalue weighted by molar-refractivity contribution is -0.143. The number of hydrogen-bond acceptors (Lipinski definition) is 5. The van der Waals surface area contributed by atoms with E-state index in [0.29, 0.717) is 33.3 Å². The second-order valence-electron chi connectivity index (χ2n) is 9.40. The number of carbonyl (C=O) groups is 3. The summed E-state index contributed by atoms with van der Waals surface area (Å²) in [5.41, 5.74) is 1.08. The highest BCUT2D eigenvalue weighted by atomic mass is 35.5. The van der Waals surface area contributed by atoms with Crippen LogP contribution in [-0.4, -0.2) is 33.8 Å². The molecule has 3 heterocycles. The molecule has 4 atom stereocenters. The molecule has 0 aliphatic carbocycles. The predicted octanol–water partition coefficient (Wildman–Crippen LogP) is 3.86. The van der Waals surface area contributed by atoms with Gasteiger partial charge in [-0.25, -0.2) is 0 Å². The van der Waals surface area contributed by atoms with Crippen molar-refractivity contribution in [1.29, 1.82) is 0 Å². The number of benzene rings is 3. The van der Waals surface area contributed by atoms with Gasteiger partial charge in [-0.2, -0.15) is 0 Å². The number of likely N-dealkylation sites (tertiary alicyclic amines) is 1. The molecular formula is C27H21Cl2N3O4. The van der Waals surface area contributed by atoms with Crippen molar-refractivity contribution in [2.24, 2.45) is 11.8 Å². The third-order valence-corrected chi connectivity index (χ3v) is 8.15. The van der Waals surface area contributed by atoms with E-state index in [2.05, 4.69) is 10.6 Å². The van der Waals surface area contributed by atoms with E-state index in [1.165, 1.54) is 4.90 Å². The second-order valence-corrected chi connectivity index (χ2v) is 10.2. The smallest absolute Gasteiger partial charge is 0.250 e. The fraction of sp³-hybridized carbons (Fsp3) is 0.222. The summed E-state index contributed by atoms with van der Waals surface area (Å²) in [5.74, 6) is -2.77. The zero-order chi connectivity index (χ0) is 25.2. The van der Waals surface area contributed by atoms with E-state index in [-0.39, 0.29) is 18.2 Å². The van der Waals surface area contributed by atoms with Gasteiger partial charge in [-0.15, -0.1) is 0 Å². The molecule has 6 rings (SSSR count). The molecule has 0 saturated carbocycles. The lowest BCUT2D eigenvalue weighted by Crippen LogP contribution is -2.53. The second kappa shape index (κ2) is 8.34. The van der Waals surface area contributed by atoms with Crippen LogP contribution in [0, 0.1) is 11.8 Å². The quantitative estimate of drug-likeness (QED) is 0.452. The number of amides is 3. The highest BCUT2D eigenvalue weighted by Crippen LogP contribution is 2.54. The molecule has 3 aromatic rings. The van der Waals surface area contributed by atoms with Gasteiger partial charge in [0, 0.05) is 16.6 Å². The van der Waals surface area contributed by atoms with E-state index in [1.54, 1.807) is 66.7 Å². The zero-order valence-electron chi connectivity index (χ0n) is 18.9. The molecule has 3 aliphatic rings. The number of carbonyl (C=O) groups excluding carboxylic acids is 3. The summed E-state index contributed by atoms with van der Waals surface area (Å²) in [6.45, 7) is 0.0242. The summed E-state index contributed by atoms with van der Waals surface area (Å²) in [7, 11) is 0. The Bertz CT molecular complexity index is 1430. The Morgan fingerprint density at radius 3 is 2.36 bits per heavy atom. The van der Waals surface area contributed by atoms with Crippen molar-refractivity contribution < 1.29 is 19.5 Å². The Morgan fingerprint density at radius 2 is 1.61 bits per heavy atom. The molecule has 182 valence electrons. The molecular weight excluding hydrogens is 501 g/mol. The molecule has 0 radical (unpaired) electrons. The van der Waals surface area contributed by atoms with Gasteiger partial charge in [-0.1, -0.05) is 65.7 Å². The molecule has 0 bridgehead atoms. The van der Waals surface area contributed by atoms with Crippen molar-refractivity contribution in [3.8, 4) is 5.75 Å². The number of rotatable bonds is 4. The Hall–Kier alpha value is -3.39. The third-order valence-electron chi connectivity index (χ3n) is 7.47. The van der Waals surface area contributed by atoms with E-state index in [1.807, 2.05) is 0 Å². The van der Waals surface area contributed by atoms with Crippen LogP contribution in [0.25, 0.3) is 0 Å². The van der Waals surface area contributed by atoms with E-state index in [9.17, 15) is 19.5 Å². The van der Waals surface area contributed by atoms with Gasteiger partial charge >= 0.3 is 0 Å². The predicted molar refractivity (Wildman–Crippen MR) is 134 cm³/mol. The number of phenolic OH excluding ortho intramolecular Hbond substituents is 1. The van der Waals surface area contributed by atoms with E-state index < -0.39 is 35.2 Å². The highest BCUT2D eigenvalue weighted by Gasteiger charge is 2.70. The molecule has 3 amide bonds. The minimum Gasteiger partial charge on any atom is -0.508 e. The van der Waals surface area contributed by atoms with Gasteiger partial charge in [-0.05, 0) is 41.8 Å². The van der Waals surface area contributed by atoms with Crippen molar-refractivity contribution in [3.05, 3.63) is 93.5 Å². The molecule has 1 spiro atoms. The van der Waals surface area contributed by atoms with Crippen LogP contribution in [0.1, 0.15) is 16.7 Å². The normalized spacial score (nSPS) is 26.4. The molecule has 9 heteroatoms. The van der Waals surface area contributed by atoms with Gasteiger partial charge in [0.15, 0.2) is 0 Å². The van der Waals surface area contributed by atoms with Gasteiger partial charge in [0.05, 0.1) is 29.1 Å². The van der Waals surface area contributed by atoms with Crippen LogP contribution in [0.3, 0.4) is 0 Å². The molecule has 3 N–H and O–H groups in total. The minimum absolute atomic E-state index is 0.0242. The average Bonchev–Trinajstić information content (AvgIpc) is 3.43. The van der Waals surface area contributed by atoms with Gasteiger partial charge in [-0.3, -0.25) is 24.6 Å². The summed E-state index contributed by atoms with van der Waals surface area (Å²) in [6.07, 6.45) is 0.380. The highest BCUT2D eigenvalue weighted by molar-refractivity contribution is 6.35. The largest absolute Gasteiger partial charge is 0.508 e. The van der Waals surface area contributed by atoms with E-state index in [0.717, 1.165) is 5.56 Å². The van der Waals surface area contributed by atoms with E-state index >= 15 is 0 Å². The zero-order valence-corrected chi connectivity index (χ0v) is 20.4. The number of aromatic hydroxyl groups is 1. The standard InChI is InChI=1S/C27H21Cl2N3O4/c28-18-6-2-1-4-15(18)13-32-24(34)21-20(12-14-8-10-16(33)11-9-14)31-27(22(21)25(32)35)17-5-3-7-19(29)23(17)30-26(27)36/h1-11,20-22,31,33H,12-13H2,(H,30,36)/t20?,21-,22+,27?/m0/s1. The van der Waals surface area contributed by atoms with Crippen LogP contribution < -0.4 is 10.6 Å². The van der Waals surface area contributed by atoms with Crippen molar-refractivity contribution in [3.63, 3.8) is 0 Å². The number of halogens is 2. The van der Waals surface area contributed by atoms with Crippen LogP contribution in [0.2, 0.25) is 10.0 Å². The Labute approximate surface area is 217 Å². The van der Waals surface area contributed by atoms with Crippen molar-refractivity contribution in [2.45, 2.75) is 24.5 Å². The third kappa shape index (κ3) is 3.27. The first-order chi connectivity index (χ1) is 17.3. The van der Waals surface area contributed by atoms with Crippen molar-refractivity contribution in [2.75, 3.05) is 5.32 Å². The summed E-state index contributed by atoms with van der Waals surface area (Å²) in [4.78, 5) is 42.6. The molecule has 2 saturated heterocycles. The summed E-state index contributed by atoms with van der Waals surface area (Å²) in [5, 5.41) is 16.7. The molecule has 2 fully saturated rings. The summed E-state index contributed by atoms with van der Waals surface area (Å²) < 4.78 is 0. The molecule has 36 heavy (non-hydrogen) atoms. The van der Waals surface area contributed by atoms with Crippen molar-refractivity contribution in [1.82, 2.24) is 10.2 Å². The number of imide groups is 1. The number of hydrogen-bond donors (Lipinski definition) is 3. The monoisotopic (exact) mass is 521 g/mol. The number of phenols is 1. The Kier molecular flexibility index (Phi) is 5.33. The van der Waals surface area contributed by atoms with Crippen LogP contribution in [-0.2, 0) is 32.9 Å². The topological polar surface area (TPSA) is 98.7 Å². The lowest BCUT2D eigenvalue weighted by atomic mass is 9.76. The maximum Gasteiger partial charge on any atom is 0.250 e. The maximum absolute atomic E-state index is 13.9. The summed E-state index contributed by atoms with van der Waals surface area (Å²) in [6, 6.07) is 18.4.